The van der Waals surface area contributed by atoms with Crippen molar-refractivity contribution in [2.45, 2.75) is 5.25 Å². The van der Waals surface area contributed by atoms with Gasteiger partial charge in [0.15, 0.2) is 0 Å². The quantitative estimate of drug-likeness (QED) is 0.147. The molecule has 1 aliphatic carbocycles. The molecule has 0 aromatic rings. The Labute approximate surface area is 126 Å². The van der Waals surface area contributed by atoms with Crippen LogP contribution in [0.5, 0.6) is 0 Å². The van der Waals surface area contributed by atoms with Crippen LogP contribution in [0, 0.1) is 25.4 Å². The lowest BCUT2D eigenvalue weighted by atomic mass is 9.97. The predicted octanol–water partition coefficient (Wildman–Crippen LogP) is -1.54. The van der Waals surface area contributed by atoms with Crippen molar-refractivity contribution in [3.8, 4) is 0 Å². The van der Waals surface area contributed by atoms with E-state index in [1.165, 1.54) is 0 Å². The Balaban J connectivity index is 4.01. The number of esters is 1. The molecule has 2 N–H and O–H groups in total. The molecule has 0 unspecified atom stereocenters. The van der Waals surface area contributed by atoms with Crippen LogP contribution in [-0.4, -0.2) is 57.0 Å². The van der Waals surface area contributed by atoms with Crippen LogP contribution in [0.1, 0.15) is 0 Å². The Morgan fingerprint density at radius 3 is 2.09 bits per heavy atom. The van der Waals surface area contributed by atoms with E-state index in [1.54, 1.807) is 0 Å². The first-order valence-electron chi connectivity index (χ1n) is 5.26. The van der Waals surface area contributed by atoms with Gasteiger partial charge in [0.05, 0.1) is 23.0 Å². The number of methoxy groups -OCH3 is 1. The predicted molar refractivity (Wildman–Crippen MR) is 66.9 cm³/mol. The summed E-state index contributed by atoms with van der Waals surface area (Å²) in [6.45, 7) is 0. The van der Waals surface area contributed by atoms with Crippen LogP contribution in [-0.2, 0) is 19.6 Å². The molecule has 0 aliphatic heterocycles. The van der Waals surface area contributed by atoms with Crippen LogP contribution >= 0.6 is 0 Å². The lowest BCUT2D eigenvalue weighted by molar-refractivity contribution is -0.725. The van der Waals surface area contributed by atoms with Gasteiger partial charge in [0.1, 0.15) is 0 Å². The first-order chi connectivity index (χ1) is 10.4. The van der Waals surface area contributed by atoms with Crippen molar-refractivity contribution in [3.05, 3.63) is 48.5 Å². The van der Waals surface area contributed by atoms with Gasteiger partial charge in [0.25, 0.3) is 32.5 Å². The highest BCUT2D eigenvalue weighted by atomic mass is 32.2. The van der Waals surface area contributed by atoms with Crippen LogP contribution in [0.3, 0.4) is 0 Å². The third-order valence-electron chi connectivity index (χ3n) is 2.61. The van der Waals surface area contributed by atoms with Crippen LogP contribution in [0.2, 0.25) is 0 Å². The first kappa shape index (κ1) is 18.0. The lowest BCUT2D eigenvalue weighted by Crippen LogP contribution is -2.40. The molecular formula is C8H7N3O11S. The molecule has 23 heavy (non-hydrogen) atoms. The summed E-state index contributed by atoms with van der Waals surface area (Å²) in [6.07, 6.45) is 0.102. The molecule has 1 rings (SSSR count). The minimum absolute atomic E-state index is 0.102. The van der Waals surface area contributed by atoms with Crippen molar-refractivity contribution in [1.29, 1.82) is 0 Å². The topological polar surface area (TPSA) is 213 Å². The van der Waals surface area contributed by atoms with Gasteiger partial charge in [-0.25, -0.2) is 4.79 Å². The van der Waals surface area contributed by atoms with Gasteiger partial charge < -0.3 is 9.94 Å². The number of allylic oxidation sites excluding steroid dienone is 1. The zero-order chi connectivity index (χ0) is 18.1. The molecule has 0 amide bonds. The fraction of sp³-hybridized carbons (Fsp3) is 0.250. The SMILES string of the molecule is COC(=O)C1=C([N+](=O)[O-])[C@H](S(=O)(=O)O)C([N+](=O)[O-])=C/C1=[N+](\[O-])O. The molecule has 1 aliphatic rings. The van der Waals surface area contributed by atoms with E-state index >= 15 is 0 Å². The van der Waals surface area contributed by atoms with Gasteiger partial charge in [0.2, 0.25) is 5.57 Å². The third kappa shape index (κ3) is 3.24. The molecule has 126 valence electrons. The van der Waals surface area contributed by atoms with Crippen molar-refractivity contribution < 1.29 is 42.5 Å². The van der Waals surface area contributed by atoms with Crippen LogP contribution in [0.15, 0.2) is 23.0 Å². The lowest BCUT2D eigenvalue weighted by Gasteiger charge is -2.15. The van der Waals surface area contributed by atoms with E-state index in [0.29, 0.717) is 7.11 Å². The van der Waals surface area contributed by atoms with E-state index in [2.05, 4.69) is 4.74 Å². The summed E-state index contributed by atoms with van der Waals surface area (Å²) in [4.78, 5) is 29.5. The Hall–Kier alpha value is -3.07. The average molecular weight is 353 g/mol. The van der Waals surface area contributed by atoms with Gasteiger partial charge in [-0.15, -0.1) is 0 Å². The standard InChI is InChI=1S/C8H7N3O11S/c1-22-8(12)5-3(9(13)14)2-4(10(15)16)7(23(19,20)21)6(5)11(17)18/h2,7H,1H3,(H,13,14)(H,19,20,21)/t7-/m1/s1. The number of hydrogen-bond donors (Lipinski definition) is 2. The normalized spacial score (nSPS) is 20.6. The monoisotopic (exact) mass is 353 g/mol. The Kier molecular flexibility index (Phi) is 4.67. The summed E-state index contributed by atoms with van der Waals surface area (Å²) in [5.74, 6) is -1.63. The minimum atomic E-state index is -5.47. The van der Waals surface area contributed by atoms with Crippen LogP contribution < -0.4 is 0 Å². The number of nitro groups is 2. The zero-order valence-electron chi connectivity index (χ0n) is 11.0. The molecule has 15 heteroatoms. The van der Waals surface area contributed by atoms with Crippen molar-refractivity contribution in [3.63, 3.8) is 0 Å². The van der Waals surface area contributed by atoms with E-state index in [9.17, 15) is 38.6 Å². The maximum absolute atomic E-state index is 11.6. The summed E-state index contributed by atoms with van der Waals surface area (Å²) in [5.41, 5.74) is -5.88. The summed E-state index contributed by atoms with van der Waals surface area (Å²) in [7, 11) is -4.76. The maximum atomic E-state index is 11.6. The number of nitrogens with zero attached hydrogens (tertiary/aromatic N) is 3. The van der Waals surface area contributed by atoms with Crippen molar-refractivity contribution in [2.75, 3.05) is 7.11 Å². The van der Waals surface area contributed by atoms with E-state index in [4.69, 9.17) is 9.76 Å². The highest BCUT2D eigenvalue weighted by Gasteiger charge is 2.55. The smallest absolute Gasteiger partial charge is 0.351 e. The molecule has 14 nitrogen and oxygen atoms in total. The van der Waals surface area contributed by atoms with Gasteiger partial charge in [-0.1, -0.05) is 0 Å². The highest BCUT2D eigenvalue weighted by Crippen LogP contribution is 2.30. The zero-order valence-corrected chi connectivity index (χ0v) is 11.8. The molecule has 0 fully saturated rings. The molecule has 0 spiro atoms. The van der Waals surface area contributed by atoms with Crippen molar-refractivity contribution >= 4 is 21.8 Å². The fourth-order valence-electron chi connectivity index (χ4n) is 1.78. The molecule has 0 bridgehead atoms. The largest absolute Gasteiger partial charge is 0.465 e. The molecular weight excluding hydrogens is 346 g/mol. The average Bonchev–Trinajstić information content (AvgIpc) is 2.42. The van der Waals surface area contributed by atoms with Gasteiger partial charge in [-0.3, -0.25) is 30.0 Å². The highest BCUT2D eigenvalue weighted by molar-refractivity contribution is 7.86. The molecule has 0 aromatic heterocycles. The van der Waals surface area contributed by atoms with Crippen molar-refractivity contribution in [1.82, 2.24) is 0 Å². The Morgan fingerprint density at radius 2 is 1.78 bits per heavy atom. The van der Waals surface area contributed by atoms with Crippen LogP contribution in [0.25, 0.3) is 0 Å². The Bertz CT molecular complexity index is 786. The maximum Gasteiger partial charge on any atom is 0.351 e. The second-order valence-corrected chi connectivity index (χ2v) is 5.39. The number of carbonyl (C=O) groups excluding carboxylic acids is 1. The third-order valence-corrected chi connectivity index (χ3v) is 3.68. The van der Waals surface area contributed by atoms with E-state index in [1.807, 2.05) is 0 Å². The molecule has 0 heterocycles. The molecule has 0 saturated carbocycles. The Morgan fingerprint density at radius 1 is 1.26 bits per heavy atom. The minimum Gasteiger partial charge on any atom is -0.465 e. The van der Waals surface area contributed by atoms with Crippen LogP contribution in [0.4, 0.5) is 0 Å². The summed E-state index contributed by atoms with van der Waals surface area (Å²) >= 11 is 0. The second kappa shape index (κ2) is 5.97. The summed E-state index contributed by atoms with van der Waals surface area (Å²) in [5, 5.41) is 39.0. The number of hydrogen-bond acceptors (Lipinski definition) is 10. The number of ether oxygens (including phenoxy) is 1. The molecule has 0 saturated heterocycles. The van der Waals surface area contributed by atoms with Gasteiger partial charge in [-0.2, -0.15) is 8.42 Å². The van der Waals surface area contributed by atoms with E-state index in [0.717, 1.165) is 0 Å². The summed E-state index contributed by atoms with van der Waals surface area (Å²) in [6, 6.07) is 0. The molecule has 0 radical (unpaired) electrons. The number of carbonyl (C=O) groups is 1. The summed E-state index contributed by atoms with van der Waals surface area (Å²) < 4.78 is 35.8. The van der Waals surface area contributed by atoms with E-state index in [-0.39, 0.29) is 6.08 Å². The van der Waals surface area contributed by atoms with Gasteiger partial charge in [-0.05, 0) is 0 Å². The molecule has 1 atom stereocenters. The van der Waals surface area contributed by atoms with Crippen molar-refractivity contribution in [2.24, 2.45) is 0 Å². The van der Waals surface area contributed by atoms with Gasteiger partial charge in [0, 0.05) is 4.90 Å². The fourth-order valence-corrected chi connectivity index (χ4v) is 2.73. The first-order valence-corrected chi connectivity index (χ1v) is 6.76. The second-order valence-electron chi connectivity index (χ2n) is 3.89. The van der Waals surface area contributed by atoms with E-state index < -0.39 is 58.8 Å². The van der Waals surface area contributed by atoms with Gasteiger partial charge >= 0.3 is 5.97 Å². The number of rotatable bonds is 4. The molecule has 0 aromatic carbocycles.